The first kappa shape index (κ1) is 7.34. The van der Waals surface area contributed by atoms with Crippen LogP contribution in [0.15, 0.2) is 22.5 Å². The molecule has 0 aromatic heterocycles. The van der Waals surface area contributed by atoms with Crippen LogP contribution in [0.3, 0.4) is 0 Å². The minimum Gasteiger partial charge on any atom is -0.289 e. The highest BCUT2D eigenvalue weighted by atomic mass is 79.9. The standard InChI is InChI=1S/C6H2BrFO2/c7-5-3(9)1-2-4(10)6(5)8/h1-2H. The summed E-state index contributed by atoms with van der Waals surface area (Å²) in [6.07, 6.45) is 1.93. The normalized spacial score (nSPS) is 18.6. The van der Waals surface area contributed by atoms with Crippen molar-refractivity contribution in [1.29, 1.82) is 0 Å². The number of rotatable bonds is 0. The molecule has 0 fully saturated rings. The number of hydrogen-bond donors (Lipinski definition) is 0. The molecule has 0 saturated carbocycles. The third-order valence-electron chi connectivity index (χ3n) is 1.01. The Balaban J connectivity index is 3.12. The smallest absolute Gasteiger partial charge is 0.215 e. The summed E-state index contributed by atoms with van der Waals surface area (Å²) in [5.74, 6) is -2.31. The molecule has 0 radical (unpaired) electrons. The lowest BCUT2D eigenvalue weighted by atomic mass is 10.1. The summed E-state index contributed by atoms with van der Waals surface area (Å²) >= 11 is 2.64. The summed E-state index contributed by atoms with van der Waals surface area (Å²) in [7, 11) is 0. The van der Waals surface area contributed by atoms with Crippen molar-refractivity contribution >= 4 is 27.5 Å². The van der Waals surface area contributed by atoms with Crippen molar-refractivity contribution in [2.24, 2.45) is 0 Å². The van der Waals surface area contributed by atoms with E-state index in [1.54, 1.807) is 0 Å². The van der Waals surface area contributed by atoms with E-state index >= 15 is 0 Å². The molecule has 0 amide bonds. The molecule has 0 unspecified atom stereocenters. The van der Waals surface area contributed by atoms with Gasteiger partial charge in [0.05, 0.1) is 0 Å². The molecule has 0 aromatic rings. The lowest BCUT2D eigenvalue weighted by molar-refractivity contribution is -0.115. The Morgan fingerprint density at radius 1 is 1.20 bits per heavy atom. The quantitative estimate of drug-likeness (QED) is 0.558. The molecule has 0 aliphatic heterocycles. The van der Waals surface area contributed by atoms with Crippen molar-refractivity contribution in [1.82, 2.24) is 0 Å². The van der Waals surface area contributed by atoms with E-state index in [4.69, 9.17) is 0 Å². The summed E-state index contributed by atoms with van der Waals surface area (Å²) in [6, 6.07) is 0. The van der Waals surface area contributed by atoms with Gasteiger partial charge in [-0.3, -0.25) is 9.59 Å². The van der Waals surface area contributed by atoms with Crippen LogP contribution in [0.4, 0.5) is 4.39 Å². The Hall–Kier alpha value is -0.770. The molecule has 1 aliphatic carbocycles. The van der Waals surface area contributed by atoms with Crippen LogP contribution in [0.1, 0.15) is 0 Å². The summed E-state index contributed by atoms with van der Waals surface area (Å²) in [6.45, 7) is 0. The van der Waals surface area contributed by atoms with Crippen LogP contribution in [0.25, 0.3) is 0 Å². The van der Waals surface area contributed by atoms with E-state index in [-0.39, 0.29) is 4.48 Å². The van der Waals surface area contributed by atoms with Crippen LogP contribution in [0.5, 0.6) is 0 Å². The van der Waals surface area contributed by atoms with Gasteiger partial charge in [-0.2, -0.15) is 0 Å². The van der Waals surface area contributed by atoms with Crippen molar-refractivity contribution in [2.75, 3.05) is 0 Å². The fourth-order valence-corrected chi connectivity index (χ4v) is 0.842. The van der Waals surface area contributed by atoms with Crippen LogP contribution in [0, 0.1) is 0 Å². The fraction of sp³-hybridized carbons (Fsp3) is 0. The molecule has 0 bridgehead atoms. The molecule has 0 spiro atoms. The van der Waals surface area contributed by atoms with E-state index in [2.05, 4.69) is 15.9 Å². The minimum absolute atomic E-state index is 0.292. The van der Waals surface area contributed by atoms with Crippen LogP contribution in [-0.4, -0.2) is 11.6 Å². The van der Waals surface area contributed by atoms with Crippen LogP contribution >= 0.6 is 15.9 Å². The second-order valence-electron chi connectivity index (χ2n) is 1.69. The second-order valence-corrected chi connectivity index (χ2v) is 2.48. The van der Waals surface area contributed by atoms with Crippen molar-refractivity contribution < 1.29 is 14.0 Å². The molecule has 0 heterocycles. The van der Waals surface area contributed by atoms with Crippen LogP contribution in [-0.2, 0) is 9.59 Å². The predicted molar refractivity (Wildman–Crippen MR) is 36.2 cm³/mol. The van der Waals surface area contributed by atoms with Gasteiger partial charge in [0.1, 0.15) is 4.48 Å². The van der Waals surface area contributed by atoms with Crippen LogP contribution in [0.2, 0.25) is 0 Å². The van der Waals surface area contributed by atoms with Gasteiger partial charge in [-0.25, -0.2) is 4.39 Å². The minimum atomic E-state index is -1.02. The maximum absolute atomic E-state index is 12.4. The Morgan fingerprint density at radius 3 is 2.20 bits per heavy atom. The van der Waals surface area contributed by atoms with Gasteiger partial charge in [0, 0.05) is 0 Å². The third-order valence-corrected chi connectivity index (χ3v) is 1.75. The van der Waals surface area contributed by atoms with E-state index in [9.17, 15) is 14.0 Å². The Kier molecular flexibility index (Phi) is 1.80. The Bertz CT molecular complexity index is 239. The first-order valence-corrected chi connectivity index (χ1v) is 3.24. The molecule has 52 valence electrons. The number of ketones is 2. The molecule has 0 saturated heterocycles. The molecule has 0 atom stereocenters. The average molecular weight is 205 g/mol. The summed E-state index contributed by atoms with van der Waals surface area (Å²) in [5, 5.41) is 0. The van der Waals surface area contributed by atoms with Crippen molar-refractivity contribution in [3.63, 3.8) is 0 Å². The molecule has 1 aliphatic rings. The Morgan fingerprint density at radius 2 is 1.70 bits per heavy atom. The number of allylic oxidation sites excluding steroid dienone is 4. The maximum atomic E-state index is 12.4. The van der Waals surface area contributed by atoms with Crippen LogP contribution < -0.4 is 0 Å². The van der Waals surface area contributed by atoms with Gasteiger partial charge in [0.25, 0.3) is 0 Å². The summed E-state index contributed by atoms with van der Waals surface area (Å²) in [5.41, 5.74) is 0. The van der Waals surface area contributed by atoms with E-state index in [1.165, 1.54) is 0 Å². The first-order valence-electron chi connectivity index (χ1n) is 2.45. The summed E-state index contributed by atoms with van der Waals surface area (Å²) < 4.78 is 12.1. The van der Waals surface area contributed by atoms with E-state index in [0.29, 0.717) is 0 Å². The second kappa shape index (κ2) is 2.46. The number of carbonyl (C=O) groups is 2. The first-order chi connectivity index (χ1) is 4.63. The number of hydrogen-bond acceptors (Lipinski definition) is 2. The molecule has 4 heteroatoms. The van der Waals surface area contributed by atoms with E-state index in [0.717, 1.165) is 12.2 Å². The highest BCUT2D eigenvalue weighted by molar-refractivity contribution is 9.12. The molecule has 0 aromatic carbocycles. The van der Waals surface area contributed by atoms with Gasteiger partial charge in [-0.05, 0) is 28.1 Å². The fourth-order valence-electron chi connectivity index (χ4n) is 0.514. The van der Waals surface area contributed by atoms with Crippen molar-refractivity contribution in [3.8, 4) is 0 Å². The van der Waals surface area contributed by atoms with Gasteiger partial charge >= 0.3 is 0 Å². The van der Waals surface area contributed by atoms with E-state index in [1.807, 2.05) is 0 Å². The SMILES string of the molecule is O=C1C=CC(=O)C(Br)=C1F. The lowest BCUT2D eigenvalue weighted by Gasteiger charge is -1.99. The largest absolute Gasteiger partial charge is 0.289 e. The molecular formula is C6H2BrFO2. The molecule has 1 rings (SSSR count). The molecule has 2 nitrogen and oxygen atoms in total. The van der Waals surface area contributed by atoms with Crippen molar-refractivity contribution in [3.05, 3.63) is 22.5 Å². The van der Waals surface area contributed by atoms with Gasteiger partial charge < -0.3 is 0 Å². The Labute approximate surface area is 64.5 Å². The molecular weight excluding hydrogens is 203 g/mol. The van der Waals surface area contributed by atoms with Gasteiger partial charge in [-0.1, -0.05) is 0 Å². The topological polar surface area (TPSA) is 34.1 Å². The average Bonchev–Trinajstić information content (AvgIpc) is 1.93. The zero-order chi connectivity index (χ0) is 7.72. The lowest BCUT2D eigenvalue weighted by Crippen LogP contribution is -2.07. The zero-order valence-electron chi connectivity index (χ0n) is 4.73. The number of halogens is 2. The zero-order valence-corrected chi connectivity index (χ0v) is 6.31. The van der Waals surface area contributed by atoms with Gasteiger partial charge in [0.2, 0.25) is 5.78 Å². The number of carbonyl (C=O) groups excluding carboxylic acids is 2. The van der Waals surface area contributed by atoms with Gasteiger partial charge in [0.15, 0.2) is 11.6 Å². The van der Waals surface area contributed by atoms with Crippen molar-refractivity contribution in [2.45, 2.75) is 0 Å². The predicted octanol–water partition coefficient (Wildman–Crippen LogP) is 1.27. The molecule has 0 N–H and O–H groups in total. The highest BCUT2D eigenvalue weighted by Gasteiger charge is 2.19. The maximum Gasteiger partial charge on any atom is 0.215 e. The van der Waals surface area contributed by atoms with E-state index < -0.39 is 17.4 Å². The third kappa shape index (κ3) is 1.07. The summed E-state index contributed by atoms with van der Waals surface area (Å²) in [4.78, 5) is 21.0. The van der Waals surface area contributed by atoms with Gasteiger partial charge in [-0.15, -0.1) is 0 Å². The highest BCUT2D eigenvalue weighted by Crippen LogP contribution is 2.19. The monoisotopic (exact) mass is 204 g/mol. The molecule has 10 heavy (non-hydrogen) atoms.